The zero-order valence-electron chi connectivity index (χ0n) is 8.05. The molecule has 0 spiro atoms. The van der Waals surface area contributed by atoms with Gasteiger partial charge in [0.15, 0.2) is 0 Å². The van der Waals surface area contributed by atoms with Crippen LogP contribution in [0.25, 0.3) is 0 Å². The molecule has 14 heavy (non-hydrogen) atoms. The summed E-state index contributed by atoms with van der Waals surface area (Å²) in [5.41, 5.74) is 2.96. The van der Waals surface area contributed by atoms with Crippen LogP contribution in [-0.4, -0.2) is 19.0 Å². The summed E-state index contributed by atoms with van der Waals surface area (Å²) in [7, 11) is 0. The summed E-state index contributed by atoms with van der Waals surface area (Å²) in [6.07, 6.45) is 0. The van der Waals surface area contributed by atoms with E-state index in [-0.39, 0.29) is 5.91 Å². The summed E-state index contributed by atoms with van der Waals surface area (Å²) in [5.74, 6) is -0.0475. The highest BCUT2D eigenvalue weighted by molar-refractivity contribution is 5.90. The monoisotopic (exact) mass is 191 g/mol. The first-order valence-corrected chi connectivity index (χ1v) is 4.65. The molecule has 1 aliphatic heterocycles. The maximum atomic E-state index is 10.8. The standard InChI is InChI=1S/C10H13N3O/c1-7(14)13-8-2-3-9-10(6-8)12-5-4-11-9/h2-3,6,11-12H,4-5H2,1H3,(H,13,14). The number of anilines is 3. The molecule has 0 unspecified atom stereocenters. The van der Waals surface area contributed by atoms with Crippen LogP contribution in [0.15, 0.2) is 18.2 Å². The van der Waals surface area contributed by atoms with Crippen LogP contribution in [0.5, 0.6) is 0 Å². The lowest BCUT2D eigenvalue weighted by molar-refractivity contribution is -0.114. The van der Waals surface area contributed by atoms with Crippen LogP contribution < -0.4 is 16.0 Å². The zero-order chi connectivity index (χ0) is 9.97. The Morgan fingerprint density at radius 2 is 2.00 bits per heavy atom. The fraction of sp³-hybridized carbons (Fsp3) is 0.300. The minimum atomic E-state index is -0.0475. The molecule has 1 heterocycles. The molecule has 1 amide bonds. The second-order valence-electron chi connectivity index (χ2n) is 3.30. The molecule has 4 heteroatoms. The third-order valence-corrected chi connectivity index (χ3v) is 2.10. The normalized spacial score (nSPS) is 13.5. The molecule has 0 bridgehead atoms. The summed E-state index contributed by atoms with van der Waals surface area (Å²) < 4.78 is 0. The quantitative estimate of drug-likeness (QED) is 0.630. The molecule has 1 aliphatic rings. The van der Waals surface area contributed by atoms with Gasteiger partial charge in [0.2, 0.25) is 5.91 Å². The summed E-state index contributed by atoms with van der Waals surface area (Å²) in [5, 5.41) is 9.28. The average Bonchev–Trinajstić information content (AvgIpc) is 2.17. The second-order valence-corrected chi connectivity index (χ2v) is 3.30. The third kappa shape index (κ3) is 1.79. The van der Waals surface area contributed by atoms with E-state index in [0.29, 0.717) is 0 Å². The first-order chi connectivity index (χ1) is 6.75. The van der Waals surface area contributed by atoms with Crippen molar-refractivity contribution >= 4 is 23.0 Å². The van der Waals surface area contributed by atoms with Crippen molar-refractivity contribution in [2.24, 2.45) is 0 Å². The highest BCUT2D eigenvalue weighted by atomic mass is 16.1. The Bertz CT molecular complexity index is 362. The van der Waals surface area contributed by atoms with E-state index < -0.39 is 0 Å². The van der Waals surface area contributed by atoms with Crippen molar-refractivity contribution in [3.63, 3.8) is 0 Å². The van der Waals surface area contributed by atoms with Crippen LogP contribution >= 0.6 is 0 Å². The Balaban J connectivity index is 2.24. The van der Waals surface area contributed by atoms with E-state index in [2.05, 4.69) is 16.0 Å². The van der Waals surface area contributed by atoms with Crippen LogP contribution in [0.4, 0.5) is 17.1 Å². The molecule has 0 atom stereocenters. The molecule has 0 aliphatic carbocycles. The number of nitrogens with one attached hydrogen (secondary N) is 3. The van der Waals surface area contributed by atoms with E-state index in [9.17, 15) is 4.79 Å². The number of amides is 1. The number of fused-ring (bicyclic) bond motifs is 1. The molecule has 0 fully saturated rings. The number of hydrogen-bond donors (Lipinski definition) is 3. The molecule has 0 radical (unpaired) electrons. The van der Waals surface area contributed by atoms with Crippen LogP contribution in [0.1, 0.15) is 6.92 Å². The third-order valence-electron chi connectivity index (χ3n) is 2.10. The molecule has 0 aromatic heterocycles. The topological polar surface area (TPSA) is 53.2 Å². The highest BCUT2D eigenvalue weighted by Gasteiger charge is 2.07. The lowest BCUT2D eigenvalue weighted by Crippen LogP contribution is -2.20. The lowest BCUT2D eigenvalue weighted by atomic mass is 10.2. The highest BCUT2D eigenvalue weighted by Crippen LogP contribution is 2.27. The van der Waals surface area contributed by atoms with Crippen molar-refractivity contribution in [3.05, 3.63) is 18.2 Å². The minimum absolute atomic E-state index is 0.0475. The predicted octanol–water partition coefficient (Wildman–Crippen LogP) is 1.48. The zero-order valence-corrected chi connectivity index (χ0v) is 8.05. The van der Waals surface area contributed by atoms with E-state index in [1.54, 1.807) is 0 Å². The average molecular weight is 191 g/mol. The number of benzene rings is 1. The van der Waals surface area contributed by atoms with Crippen LogP contribution in [0.3, 0.4) is 0 Å². The Morgan fingerprint density at radius 3 is 2.71 bits per heavy atom. The molecular formula is C10H13N3O. The van der Waals surface area contributed by atoms with Gasteiger partial charge in [0.05, 0.1) is 11.4 Å². The molecule has 2 rings (SSSR count). The van der Waals surface area contributed by atoms with Crippen molar-refractivity contribution in [3.8, 4) is 0 Å². The first kappa shape index (κ1) is 8.87. The smallest absolute Gasteiger partial charge is 0.221 e. The molecule has 4 nitrogen and oxygen atoms in total. The van der Waals surface area contributed by atoms with Crippen molar-refractivity contribution in [2.75, 3.05) is 29.0 Å². The van der Waals surface area contributed by atoms with E-state index in [1.807, 2.05) is 18.2 Å². The van der Waals surface area contributed by atoms with Gasteiger partial charge in [-0.05, 0) is 18.2 Å². The maximum absolute atomic E-state index is 10.8. The first-order valence-electron chi connectivity index (χ1n) is 4.65. The number of carbonyl (C=O) groups excluding carboxylic acids is 1. The maximum Gasteiger partial charge on any atom is 0.221 e. The van der Waals surface area contributed by atoms with Crippen molar-refractivity contribution in [2.45, 2.75) is 6.92 Å². The van der Waals surface area contributed by atoms with Gasteiger partial charge in [-0.2, -0.15) is 0 Å². The van der Waals surface area contributed by atoms with Crippen molar-refractivity contribution in [1.29, 1.82) is 0 Å². The number of rotatable bonds is 1. The van der Waals surface area contributed by atoms with Gasteiger partial charge in [-0.3, -0.25) is 4.79 Å². The molecule has 0 saturated carbocycles. The number of carbonyl (C=O) groups is 1. The van der Waals surface area contributed by atoms with Gasteiger partial charge in [-0.15, -0.1) is 0 Å². The van der Waals surface area contributed by atoms with Crippen LogP contribution in [0, 0.1) is 0 Å². The van der Waals surface area contributed by atoms with Crippen molar-refractivity contribution < 1.29 is 4.79 Å². The number of hydrogen-bond acceptors (Lipinski definition) is 3. The van der Waals surface area contributed by atoms with Crippen LogP contribution in [0.2, 0.25) is 0 Å². The van der Waals surface area contributed by atoms with Gasteiger partial charge in [-0.25, -0.2) is 0 Å². The fourth-order valence-electron chi connectivity index (χ4n) is 1.52. The minimum Gasteiger partial charge on any atom is -0.382 e. The Kier molecular flexibility index (Phi) is 2.26. The summed E-state index contributed by atoms with van der Waals surface area (Å²) >= 11 is 0. The molecule has 1 aromatic rings. The Morgan fingerprint density at radius 1 is 1.29 bits per heavy atom. The van der Waals surface area contributed by atoms with Crippen LogP contribution in [-0.2, 0) is 4.79 Å². The molecular weight excluding hydrogens is 178 g/mol. The van der Waals surface area contributed by atoms with E-state index in [0.717, 1.165) is 30.2 Å². The van der Waals surface area contributed by atoms with Gasteiger partial charge in [0.25, 0.3) is 0 Å². The van der Waals surface area contributed by atoms with Gasteiger partial charge in [0.1, 0.15) is 0 Å². The van der Waals surface area contributed by atoms with Crippen molar-refractivity contribution in [1.82, 2.24) is 0 Å². The SMILES string of the molecule is CC(=O)Nc1ccc2c(c1)NCCN2. The second kappa shape index (κ2) is 3.57. The van der Waals surface area contributed by atoms with Gasteiger partial charge < -0.3 is 16.0 Å². The van der Waals surface area contributed by atoms with E-state index >= 15 is 0 Å². The van der Waals surface area contributed by atoms with Gasteiger partial charge >= 0.3 is 0 Å². The summed E-state index contributed by atoms with van der Waals surface area (Å²) in [6.45, 7) is 3.36. The fourth-order valence-corrected chi connectivity index (χ4v) is 1.52. The van der Waals surface area contributed by atoms with Gasteiger partial charge in [-0.1, -0.05) is 0 Å². The molecule has 3 N–H and O–H groups in total. The summed E-state index contributed by atoms with van der Waals surface area (Å²) in [6, 6.07) is 5.79. The van der Waals surface area contributed by atoms with E-state index in [1.165, 1.54) is 6.92 Å². The largest absolute Gasteiger partial charge is 0.382 e. The van der Waals surface area contributed by atoms with Gasteiger partial charge in [0, 0.05) is 25.7 Å². The molecule has 74 valence electrons. The van der Waals surface area contributed by atoms with E-state index in [4.69, 9.17) is 0 Å². The lowest BCUT2D eigenvalue weighted by Gasteiger charge is -2.20. The molecule has 0 saturated heterocycles. The molecule has 1 aromatic carbocycles. The Hall–Kier alpha value is -1.71. The predicted molar refractivity (Wildman–Crippen MR) is 57.7 cm³/mol. The summed E-state index contributed by atoms with van der Waals surface area (Å²) in [4.78, 5) is 10.8. The Labute approximate surface area is 82.7 Å².